The van der Waals surface area contributed by atoms with E-state index in [1.165, 1.54) is 263 Å². The number of hydrogen-bond donors (Lipinski definition) is 3. The minimum Gasteiger partial charge on any atom is -0.466 e. The largest absolute Gasteiger partial charge is 0.466 e. The van der Waals surface area contributed by atoms with Crippen molar-refractivity contribution in [3.63, 3.8) is 0 Å². The quantitative estimate of drug-likeness (QED) is 0.0320. The van der Waals surface area contributed by atoms with Crippen LogP contribution in [-0.2, 0) is 14.3 Å². The molecule has 0 heterocycles. The fourth-order valence-corrected chi connectivity index (χ4v) is 10.4. The Labute approximate surface area is 456 Å². The first-order valence-electron chi connectivity index (χ1n) is 33.1. The molecule has 0 fully saturated rings. The molecule has 0 aromatic carbocycles. The number of aliphatic hydroxyl groups excluding tert-OH is 2. The highest BCUT2D eigenvalue weighted by Crippen LogP contribution is 2.18. The van der Waals surface area contributed by atoms with Gasteiger partial charge in [0.2, 0.25) is 5.91 Å². The van der Waals surface area contributed by atoms with Crippen LogP contribution in [-0.4, -0.2) is 47.4 Å². The predicted octanol–water partition coefficient (Wildman–Crippen LogP) is 21.0. The fourth-order valence-electron chi connectivity index (χ4n) is 10.4. The van der Waals surface area contributed by atoms with E-state index in [0.717, 1.165) is 77.0 Å². The number of amides is 1. The third-order valence-electron chi connectivity index (χ3n) is 15.5. The third-order valence-corrected chi connectivity index (χ3v) is 15.5. The zero-order chi connectivity index (χ0) is 52.9. The number of allylic oxidation sites excluding steroid dienone is 3. The summed E-state index contributed by atoms with van der Waals surface area (Å²) in [6.45, 7) is 4.88. The second-order valence-electron chi connectivity index (χ2n) is 22.8. The van der Waals surface area contributed by atoms with Crippen LogP contribution < -0.4 is 5.32 Å². The number of esters is 1. The highest BCUT2D eigenvalue weighted by Gasteiger charge is 2.18. The molecule has 2 atom stereocenters. The van der Waals surface area contributed by atoms with Crippen molar-refractivity contribution >= 4 is 11.9 Å². The van der Waals surface area contributed by atoms with E-state index in [-0.39, 0.29) is 18.5 Å². The van der Waals surface area contributed by atoms with Crippen LogP contribution >= 0.6 is 0 Å². The van der Waals surface area contributed by atoms with Gasteiger partial charge in [-0.1, -0.05) is 314 Å². The highest BCUT2D eigenvalue weighted by molar-refractivity contribution is 5.76. The molecular weight excluding hydrogens is 899 g/mol. The van der Waals surface area contributed by atoms with Gasteiger partial charge in [-0.25, -0.2) is 0 Å². The van der Waals surface area contributed by atoms with Gasteiger partial charge in [0.1, 0.15) is 0 Å². The predicted molar refractivity (Wildman–Crippen MR) is 320 cm³/mol. The SMILES string of the molecule is CCCCCCCCCCCCCCCCCCCCCCCCC/C=C/C(O)C(CO)NC(=O)CCCCCCC/C=C\CCCCCOC(=O)CCCCCCCCCCCCCCCCCCCCC. The standard InChI is InChI=1S/C67H129NO5/c1-3-5-7-9-11-13-15-17-19-21-23-24-25-26-27-28-30-31-33-35-39-43-47-51-55-59-65(70)64(63-69)68-66(71)60-56-52-48-44-40-37-38-42-46-50-54-58-62-73-67(72)61-57-53-49-45-41-36-34-32-29-22-20-18-16-14-12-10-8-6-4-2/h38,42,55,59,64-65,69-70H,3-37,39-41,43-54,56-58,60-63H2,1-2H3,(H,68,71)/b42-38-,59-55+. The van der Waals surface area contributed by atoms with E-state index in [1.807, 2.05) is 6.08 Å². The fraction of sp³-hybridized carbons (Fsp3) is 0.910. The van der Waals surface area contributed by atoms with Gasteiger partial charge in [-0.2, -0.15) is 0 Å². The maximum absolute atomic E-state index is 12.5. The number of ether oxygens (including phenoxy) is 1. The first-order chi connectivity index (χ1) is 36.0. The summed E-state index contributed by atoms with van der Waals surface area (Å²) in [6, 6.07) is -0.648. The Bertz CT molecular complexity index is 1140. The summed E-state index contributed by atoms with van der Waals surface area (Å²) in [5.74, 6) is -0.108. The molecule has 0 aliphatic carbocycles. The van der Waals surface area contributed by atoms with Gasteiger partial charge in [0.05, 0.1) is 25.4 Å². The number of aliphatic hydroxyl groups is 2. The molecule has 0 rings (SSSR count). The maximum atomic E-state index is 12.5. The monoisotopic (exact) mass is 1030 g/mol. The molecular formula is C67H129NO5. The number of carbonyl (C=O) groups is 2. The van der Waals surface area contributed by atoms with Gasteiger partial charge in [-0.05, 0) is 64.2 Å². The lowest BCUT2D eigenvalue weighted by molar-refractivity contribution is -0.143. The minimum atomic E-state index is -0.862. The van der Waals surface area contributed by atoms with Gasteiger partial charge >= 0.3 is 5.97 Å². The van der Waals surface area contributed by atoms with Gasteiger partial charge in [0.25, 0.3) is 0 Å². The normalized spacial score (nSPS) is 12.7. The Kier molecular flexibility index (Phi) is 61.4. The lowest BCUT2D eigenvalue weighted by atomic mass is 10.0. The summed E-state index contributed by atoms with van der Waals surface area (Å²) >= 11 is 0. The van der Waals surface area contributed by atoms with E-state index < -0.39 is 12.1 Å². The molecule has 73 heavy (non-hydrogen) atoms. The van der Waals surface area contributed by atoms with Crippen LogP contribution in [0, 0.1) is 0 Å². The molecule has 1 amide bonds. The first-order valence-corrected chi connectivity index (χ1v) is 33.1. The number of rotatable bonds is 62. The van der Waals surface area contributed by atoms with E-state index in [0.29, 0.717) is 19.4 Å². The van der Waals surface area contributed by atoms with Crippen LogP contribution in [0.5, 0.6) is 0 Å². The molecule has 0 aliphatic heterocycles. The zero-order valence-electron chi connectivity index (χ0n) is 49.4. The summed E-state index contributed by atoms with van der Waals surface area (Å²) in [7, 11) is 0. The van der Waals surface area contributed by atoms with Crippen LogP contribution in [0.3, 0.4) is 0 Å². The molecule has 0 radical (unpaired) electrons. The maximum Gasteiger partial charge on any atom is 0.305 e. The molecule has 2 unspecified atom stereocenters. The first kappa shape index (κ1) is 71.3. The van der Waals surface area contributed by atoms with Crippen LogP contribution in [0.1, 0.15) is 367 Å². The van der Waals surface area contributed by atoms with Crippen LogP contribution in [0.4, 0.5) is 0 Å². The van der Waals surface area contributed by atoms with E-state index >= 15 is 0 Å². The Balaban J connectivity index is 3.49. The van der Waals surface area contributed by atoms with E-state index in [4.69, 9.17) is 4.74 Å². The van der Waals surface area contributed by atoms with Gasteiger partial charge in [-0.3, -0.25) is 9.59 Å². The van der Waals surface area contributed by atoms with Gasteiger partial charge in [0, 0.05) is 12.8 Å². The Hall–Kier alpha value is -1.66. The smallest absolute Gasteiger partial charge is 0.305 e. The van der Waals surface area contributed by atoms with Crippen molar-refractivity contribution in [2.45, 2.75) is 379 Å². The van der Waals surface area contributed by atoms with E-state index in [1.54, 1.807) is 6.08 Å². The molecule has 0 aromatic rings. The number of hydrogen-bond acceptors (Lipinski definition) is 5. The van der Waals surface area contributed by atoms with Gasteiger partial charge in [-0.15, -0.1) is 0 Å². The average Bonchev–Trinajstić information content (AvgIpc) is 3.39. The average molecular weight is 1030 g/mol. The summed E-state index contributed by atoms with van der Waals surface area (Å²) in [6.07, 6.45) is 78.1. The molecule has 0 saturated carbocycles. The molecule has 0 aromatic heterocycles. The summed E-state index contributed by atoms with van der Waals surface area (Å²) in [5, 5.41) is 23.2. The minimum absolute atomic E-state index is 0.0185. The summed E-state index contributed by atoms with van der Waals surface area (Å²) < 4.78 is 5.48. The van der Waals surface area contributed by atoms with Crippen LogP contribution in [0.25, 0.3) is 0 Å². The molecule has 3 N–H and O–H groups in total. The van der Waals surface area contributed by atoms with Gasteiger partial charge < -0.3 is 20.3 Å². The van der Waals surface area contributed by atoms with Crippen LogP contribution in [0.2, 0.25) is 0 Å². The third kappa shape index (κ3) is 59.4. The Morgan fingerprint density at radius 2 is 0.644 bits per heavy atom. The van der Waals surface area contributed by atoms with Gasteiger partial charge in [0.15, 0.2) is 0 Å². The molecule has 432 valence electrons. The van der Waals surface area contributed by atoms with Crippen molar-refractivity contribution in [1.82, 2.24) is 5.32 Å². The van der Waals surface area contributed by atoms with E-state index in [2.05, 4.69) is 31.3 Å². The summed E-state index contributed by atoms with van der Waals surface area (Å²) in [4.78, 5) is 24.6. The lowest BCUT2D eigenvalue weighted by Crippen LogP contribution is -2.45. The van der Waals surface area contributed by atoms with Crippen molar-refractivity contribution in [1.29, 1.82) is 0 Å². The number of unbranched alkanes of at least 4 members (excludes halogenated alkanes) is 49. The highest BCUT2D eigenvalue weighted by atomic mass is 16.5. The molecule has 0 saturated heterocycles. The second kappa shape index (κ2) is 62.9. The Morgan fingerprint density at radius 3 is 0.973 bits per heavy atom. The zero-order valence-corrected chi connectivity index (χ0v) is 49.4. The lowest BCUT2D eigenvalue weighted by Gasteiger charge is -2.20. The number of carbonyl (C=O) groups excluding carboxylic acids is 2. The molecule has 6 nitrogen and oxygen atoms in total. The van der Waals surface area contributed by atoms with Crippen molar-refractivity contribution in [2.75, 3.05) is 13.2 Å². The van der Waals surface area contributed by atoms with Crippen molar-refractivity contribution < 1.29 is 24.5 Å². The summed E-state index contributed by atoms with van der Waals surface area (Å²) in [5.41, 5.74) is 0. The second-order valence-corrected chi connectivity index (χ2v) is 22.8. The van der Waals surface area contributed by atoms with Crippen molar-refractivity contribution in [3.8, 4) is 0 Å². The van der Waals surface area contributed by atoms with Crippen molar-refractivity contribution in [2.24, 2.45) is 0 Å². The molecule has 0 spiro atoms. The van der Waals surface area contributed by atoms with Crippen LogP contribution in [0.15, 0.2) is 24.3 Å². The number of nitrogens with one attached hydrogen (secondary N) is 1. The topological polar surface area (TPSA) is 95.9 Å². The van der Waals surface area contributed by atoms with Crippen molar-refractivity contribution in [3.05, 3.63) is 24.3 Å². The Morgan fingerprint density at radius 1 is 0.370 bits per heavy atom. The molecule has 0 bridgehead atoms. The molecule has 0 aliphatic rings. The van der Waals surface area contributed by atoms with E-state index in [9.17, 15) is 19.8 Å². The molecule has 6 heteroatoms.